The number of hydrogen-bond acceptors (Lipinski definition) is 6. The lowest BCUT2D eigenvalue weighted by atomic mass is 9.79. The largest absolute Gasteiger partial charge is 0.343 e. The molecule has 1 aromatic carbocycles. The van der Waals surface area contributed by atoms with Crippen molar-refractivity contribution in [1.82, 2.24) is 25.4 Å². The molecule has 11 heteroatoms. The first-order valence-electron chi connectivity index (χ1n) is 13.5. The number of carbonyl (C=O) groups is 2. The summed E-state index contributed by atoms with van der Waals surface area (Å²) < 4.78 is 5.44. The highest BCUT2D eigenvalue weighted by molar-refractivity contribution is 6.42. The summed E-state index contributed by atoms with van der Waals surface area (Å²) in [6.07, 6.45) is 7.22. The molecule has 9 nitrogen and oxygen atoms in total. The molecule has 208 valence electrons. The van der Waals surface area contributed by atoms with E-state index >= 15 is 0 Å². The number of carbonyl (C=O) groups excluding carboxylic acids is 2. The number of piperidine rings is 2. The van der Waals surface area contributed by atoms with Gasteiger partial charge in [-0.05, 0) is 42.1 Å². The van der Waals surface area contributed by atoms with Gasteiger partial charge in [0.25, 0.3) is 11.8 Å². The fourth-order valence-electron chi connectivity index (χ4n) is 6.53. The molecule has 2 amide bonds. The molecule has 1 aromatic heterocycles. The lowest BCUT2D eigenvalue weighted by Gasteiger charge is -2.56. The Morgan fingerprint density at radius 2 is 1.82 bits per heavy atom. The summed E-state index contributed by atoms with van der Waals surface area (Å²) >= 11 is 12.7. The molecule has 0 aliphatic carbocycles. The maximum Gasteiger partial charge on any atom is 0.283 e. The molecule has 2 aliphatic heterocycles. The van der Waals surface area contributed by atoms with Crippen LogP contribution >= 0.6 is 23.2 Å². The van der Waals surface area contributed by atoms with E-state index in [1.165, 1.54) is 12.6 Å². The van der Waals surface area contributed by atoms with Crippen LogP contribution < -0.4 is 5.32 Å². The molecule has 38 heavy (non-hydrogen) atoms. The molecule has 2 aromatic rings. The fourth-order valence-corrected chi connectivity index (χ4v) is 6.84. The van der Waals surface area contributed by atoms with Crippen LogP contribution in [0.25, 0.3) is 0 Å². The maximum absolute atomic E-state index is 13.9. The first kappa shape index (κ1) is 28.8. The Morgan fingerprint density at radius 3 is 2.42 bits per heavy atom. The highest BCUT2D eigenvalue weighted by atomic mass is 35.5. The SMILES string of the molecule is CN(C)C(=O)C1([N+]2(CCC(CN(C)C(=O)c3cnon3)c3ccc(Cl)c(Cl)c3)CCCCC2)CCNCC1. The van der Waals surface area contributed by atoms with Crippen molar-refractivity contribution in [2.75, 3.05) is 60.4 Å². The number of quaternary nitrogens is 1. The van der Waals surface area contributed by atoms with E-state index in [0.29, 0.717) is 16.6 Å². The average molecular weight is 567 g/mol. The van der Waals surface area contributed by atoms with Crippen molar-refractivity contribution >= 4 is 35.0 Å². The highest BCUT2D eigenvalue weighted by Crippen LogP contribution is 2.40. The van der Waals surface area contributed by atoms with E-state index in [9.17, 15) is 9.59 Å². The Kier molecular flexibility index (Phi) is 9.34. The predicted octanol–water partition coefficient (Wildman–Crippen LogP) is 3.83. The number of nitrogens with zero attached hydrogens (tertiary/aromatic N) is 5. The molecule has 0 saturated carbocycles. The molecule has 4 rings (SSSR count). The fraction of sp³-hybridized carbons (Fsp3) is 0.630. The molecule has 0 bridgehead atoms. The van der Waals surface area contributed by atoms with Crippen molar-refractivity contribution in [1.29, 1.82) is 0 Å². The standard InChI is InChI=1S/C27H39Cl2N6O3/c1-33(2)26(37)27(10-12-30-13-11-27)35(14-5-4-6-15-35)16-9-21(20-7-8-22(28)23(29)17-20)19-34(3)25(36)24-18-31-38-32-24/h7-8,17-18,21,30H,4-6,9-16,19H2,1-3H3/q+1. The summed E-state index contributed by atoms with van der Waals surface area (Å²) in [7, 11) is 5.52. The molecule has 1 unspecified atom stereocenters. The van der Waals surface area contributed by atoms with Crippen LogP contribution in [0.1, 0.15) is 60.5 Å². The van der Waals surface area contributed by atoms with Crippen LogP contribution in [0.4, 0.5) is 0 Å². The summed E-state index contributed by atoms with van der Waals surface area (Å²) in [4.78, 5) is 30.3. The van der Waals surface area contributed by atoms with Gasteiger partial charge in [-0.3, -0.25) is 9.59 Å². The minimum atomic E-state index is -0.439. The topological polar surface area (TPSA) is 91.6 Å². The average Bonchev–Trinajstić information content (AvgIpc) is 3.47. The summed E-state index contributed by atoms with van der Waals surface area (Å²) in [5, 5.41) is 11.7. The third kappa shape index (κ3) is 5.86. The molecule has 0 spiro atoms. The number of rotatable bonds is 9. The normalized spacial score (nSPS) is 19.5. The molecule has 2 fully saturated rings. The first-order chi connectivity index (χ1) is 18.2. The van der Waals surface area contributed by atoms with Crippen LogP contribution in [0.2, 0.25) is 10.0 Å². The number of likely N-dealkylation sites (tertiary alicyclic amines) is 1. The van der Waals surface area contributed by atoms with Gasteiger partial charge in [-0.1, -0.05) is 34.4 Å². The summed E-state index contributed by atoms with van der Waals surface area (Å²) in [5.74, 6) is -0.0302. The van der Waals surface area contributed by atoms with Gasteiger partial charge < -0.3 is 19.6 Å². The van der Waals surface area contributed by atoms with Crippen molar-refractivity contribution in [3.05, 3.63) is 45.7 Å². The summed E-state index contributed by atoms with van der Waals surface area (Å²) in [6.45, 7) is 4.98. The number of nitrogens with one attached hydrogen (secondary N) is 1. The van der Waals surface area contributed by atoms with E-state index in [-0.39, 0.29) is 23.4 Å². The number of likely N-dealkylation sites (N-methyl/N-ethyl adjacent to an activating group) is 2. The Bertz CT molecular complexity index is 1100. The third-order valence-electron chi connectivity index (χ3n) is 8.56. The molecular formula is C27H39Cl2N6O3+. The Labute approximate surface area is 235 Å². The van der Waals surface area contributed by atoms with Crippen LogP contribution in [0.15, 0.2) is 29.0 Å². The lowest BCUT2D eigenvalue weighted by Crippen LogP contribution is -2.74. The van der Waals surface area contributed by atoms with Crippen molar-refractivity contribution in [3.63, 3.8) is 0 Å². The van der Waals surface area contributed by atoms with Gasteiger partial charge in [-0.25, -0.2) is 4.63 Å². The number of hydrogen-bond donors (Lipinski definition) is 1. The van der Waals surface area contributed by atoms with E-state index in [2.05, 4.69) is 20.3 Å². The number of benzene rings is 1. The zero-order valence-electron chi connectivity index (χ0n) is 22.6. The van der Waals surface area contributed by atoms with Gasteiger partial charge in [0.2, 0.25) is 0 Å². The van der Waals surface area contributed by atoms with Gasteiger partial charge in [0.05, 0.1) is 29.7 Å². The molecule has 1 N–H and O–H groups in total. The van der Waals surface area contributed by atoms with E-state index in [1.54, 1.807) is 16.8 Å². The van der Waals surface area contributed by atoms with Crippen molar-refractivity contribution in [3.8, 4) is 0 Å². The van der Waals surface area contributed by atoms with Gasteiger partial charge >= 0.3 is 0 Å². The monoisotopic (exact) mass is 565 g/mol. The Balaban J connectivity index is 1.65. The van der Waals surface area contributed by atoms with Crippen LogP contribution in [0.5, 0.6) is 0 Å². The smallest absolute Gasteiger partial charge is 0.283 e. The Hall–Kier alpha value is -2.20. The van der Waals surface area contributed by atoms with Crippen molar-refractivity contribution in [2.45, 2.75) is 50.0 Å². The van der Waals surface area contributed by atoms with E-state index in [1.807, 2.05) is 32.3 Å². The van der Waals surface area contributed by atoms with E-state index in [4.69, 9.17) is 23.2 Å². The van der Waals surface area contributed by atoms with Gasteiger partial charge in [-0.15, -0.1) is 0 Å². The van der Waals surface area contributed by atoms with Crippen molar-refractivity contribution in [2.24, 2.45) is 0 Å². The summed E-state index contributed by atoms with van der Waals surface area (Å²) in [6, 6.07) is 5.70. The maximum atomic E-state index is 13.9. The quantitative estimate of drug-likeness (QED) is 0.464. The van der Waals surface area contributed by atoms with Gasteiger partial charge in [0.1, 0.15) is 6.20 Å². The highest BCUT2D eigenvalue weighted by Gasteiger charge is 2.57. The molecular weight excluding hydrogens is 527 g/mol. The lowest BCUT2D eigenvalue weighted by molar-refractivity contribution is -0.972. The minimum Gasteiger partial charge on any atom is -0.343 e. The zero-order valence-corrected chi connectivity index (χ0v) is 24.1. The van der Waals surface area contributed by atoms with Crippen LogP contribution in [-0.4, -0.2) is 102 Å². The van der Waals surface area contributed by atoms with Gasteiger partial charge in [0, 0.05) is 66.0 Å². The Morgan fingerprint density at radius 1 is 1.11 bits per heavy atom. The first-order valence-corrected chi connectivity index (χ1v) is 14.2. The van der Waals surface area contributed by atoms with E-state index < -0.39 is 5.54 Å². The molecule has 1 atom stereocenters. The molecule has 2 saturated heterocycles. The van der Waals surface area contributed by atoms with E-state index in [0.717, 1.165) is 74.9 Å². The molecule has 0 radical (unpaired) electrons. The molecule has 3 heterocycles. The second kappa shape index (κ2) is 12.3. The number of amides is 2. The molecule has 2 aliphatic rings. The number of aromatic nitrogens is 2. The summed E-state index contributed by atoms with van der Waals surface area (Å²) in [5.41, 5.74) is 0.752. The third-order valence-corrected chi connectivity index (χ3v) is 9.30. The van der Waals surface area contributed by atoms with Crippen LogP contribution in [0.3, 0.4) is 0 Å². The van der Waals surface area contributed by atoms with Gasteiger partial charge in [-0.2, -0.15) is 0 Å². The van der Waals surface area contributed by atoms with Crippen LogP contribution in [0, 0.1) is 0 Å². The van der Waals surface area contributed by atoms with Crippen molar-refractivity contribution < 1.29 is 18.7 Å². The second-order valence-electron chi connectivity index (χ2n) is 11.0. The van der Waals surface area contributed by atoms with Crippen LogP contribution in [-0.2, 0) is 4.79 Å². The number of halogens is 2. The minimum absolute atomic E-state index is 0.0104. The zero-order chi connectivity index (χ0) is 27.3. The predicted molar refractivity (Wildman–Crippen MR) is 147 cm³/mol. The van der Waals surface area contributed by atoms with Gasteiger partial charge in [0.15, 0.2) is 11.2 Å². The second-order valence-corrected chi connectivity index (χ2v) is 11.8.